The highest BCUT2D eigenvalue weighted by atomic mass is 19.4. The van der Waals surface area contributed by atoms with E-state index >= 15 is 0 Å². The summed E-state index contributed by atoms with van der Waals surface area (Å²) in [6.07, 6.45) is -3.63. The van der Waals surface area contributed by atoms with Crippen molar-refractivity contribution < 1.29 is 17.9 Å². The fraction of sp³-hybridized carbons (Fsp3) is 1.00. The van der Waals surface area contributed by atoms with Gasteiger partial charge in [-0.3, -0.25) is 0 Å². The number of hydrogen-bond acceptors (Lipinski definition) is 1. The summed E-state index contributed by atoms with van der Waals surface area (Å²) in [6.45, 7) is 4.78. The van der Waals surface area contributed by atoms with Crippen LogP contribution in [0, 0.1) is 10.8 Å². The van der Waals surface area contributed by atoms with Gasteiger partial charge in [-0.15, -0.1) is 0 Å². The van der Waals surface area contributed by atoms with Crippen LogP contribution in [-0.2, 0) is 4.74 Å². The van der Waals surface area contributed by atoms with Gasteiger partial charge in [-0.2, -0.15) is 13.2 Å². The van der Waals surface area contributed by atoms with Gasteiger partial charge in [0, 0.05) is 5.41 Å². The molecule has 1 fully saturated rings. The summed E-state index contributed by atoms with van der Waals surface area (Å²) >= 11 is 0. The molecule has 0 aliphatic carbocycles. The molecule has 78 valence electrons. The summed E-state index contributed by atoms with van der Waals surface area (Å²) < 4.78 is 43.0. The molecule has 1 rings (SSSR count). The number of alkyl halides is 3. The summed E-state index contributed by atoms with van der Waals surface area (Å²) in [5, 5.41) is 0. The van der Waals surface area contributed by atoms with Gasteiger partial charge in [-0.1, -0.05) is 20.8 Å². The molecule has 13 heavy (non-hydrogen) atoms. The minimum absolute atomic E-state index is 0.232. The molecule has 0 atom stereocenters. The van der Waals surface area contributed by atoms with Crippen LogP contribution in [0.15, 0.2) is 0 Å². The monoisotopic (exact) mass is 196 g/mol. The van der Waals surface area contributed by atoms with Crippen LogP contribution in [0.3, 0.4) is 0 Å². The van der Waals surface area contributed by atoms with E-state index in [4.69, 9.17) is 4.74 Å². The van der Waals surface area contributed by atoms with E-state index in [1.807, 2.05) is 0 Å². The maximum absolute atomic E-state index is 12.7. The molecule has 4 heteroatoms. The van der Waals surface area contributed by atoms with Crippen molar-refractivity contribution in [1.82, 2.24) is 0 Å². The number of rotatable bonds is 2. The maximum atomic E-state index is 12.7. The Balaban J connectivity index is 2.90. The van der Waals surface area contributed by atoms with Gasteiger partial charge < -0.3 is 4.74 Å². The SMILES string of the molecule is CCC1(C(C)(C)C(F)(F)F)COC1. The van der Waals surface area contributed by atoms with E-state index in [9.17, 15) is 13.2 Å². The molecule has 0 amide bonds. The normalized spacial score (nSPS) is 22.6. The van der Waals surface area contributed by atoms with E-state index in [1.54, 1.807) is 6.92 Å². The Kier molecular flexibility index (Phi) is 2.39. The number of ether oxygens (including phenoxy) is 1. The molecule has 1 aliphatic rings. The highest BCUT2D eigenvalue weighted by Crippen LogP contribution is 2.55. The summed E-state index contributed by atoms with van der Waals surface area (Å²) in [6, 6.07) is 0. The van der Waals surface area contributed by atoms with E-state index in [0.717, 1.165) is 0 Å². The maximum Gasteiger partial charge on any atom is 0.394 e. The summed E-state index contributed by atoms with van der Waals surface area (Å²) in [4.78, 5) is 0. The molecular weight excluding hydrogens is 181 g/mol. The molecule has 1 saturated heterocycles. The zero-order valence-electron chi connectivity index (χ0n) is 8.16. The summed E-state index contributed by atoms with van der Waals surface area (Å²) in [5.74, 6) is 0. The third kappa shape index (κ3) is 1.35. The van der Waals surface area contributed by atoms with Crippen LogP contribution in [-0.4, -0.2) is 19.4 Å². The van der Waals surface area contributed by atoms with Crippen molar-refractivity contribution in [2.75, 3.05) is 13.2 Å². The van der Waals surface area contributed by atoms with Crippen molar-refractivity contribution >= 4 is 0 Å². The largest absolute Gasteiger partial charge is 0.394 e. The molecule has 0 unspecified atom stereocenters. The molecular formula is C9H15F3O. The fourth-order valence-electron chi connectivity index (χ4n) is 1.66. The first kappa shape index (κ1) is 10.8. The van der Waals surface area contributed by atoms with E-state index < -0.39 is 17.0 Å². The number of halogens is 3. The van der Waals surface area contributed by atoms with Crippen LogP contribution in [0.4, 0.5) is 13.2 Å². The van der Waals surface area contributed by atoms with Crippen molar-refractivity contribution in [2.45, 2.75) is 33.4 Å². The predicted octanol–water partition coefficient (Wildman–Crippen LogP) is 3.00. The van der Waals surface area contributed by atoms with Gasteiger partial charge in [0.1, 0.15) is 0 Å². The number of hydrogen-bond donors (Lipinski definition) is 0. The molecule has 0 bridgehead atoms. The molecule has 0 aromatic rings. The van der Waals surface area contributed by atoms with Crippen LogP contribution in [0.1, 0.15) is 27.2 Å². The minimum Gasteiger partial charge on any atom is -0.380 e. The Morgan fingerprint density at radius 1 is 1.23 bits per heavy atom. The lowest BCUT2D eigenvalue weighted by Crippen LogP contribution is -2.58. The van der Waals surface area contributed by atoms with Crippen LogP contribution >= 0.6 is 0 Å². The van der Waals surface area contributed by atoms with Gasteiger partial charge in [-0.05, 0) is 6.42 Å². The molecule has 0 aromatic carbocycles. The molecule has 0 radical (unpaired) electrons. The van der Waals surface area contributed by atoms with E-state index in [-0.39, 0.29) is 13.2 Å². The van der Waals surface area contributed by atoms with E-state index in [1.165, 1.54) is 13.8 Å². The molecule has 1 nitrogen and oxygen atoms in total. The van der Waals surface area contributed by atoms with Gasteiger partial charge in [0.25, 0.3) is 0 Å². The molecule has 0 spiro atoms. The third-order valence-electron chi connectivity index (χ3n) is 3.47. The van der Waals surface area contributed by atoms with Crippen molar-refractivity contribution in [3.05, 3.63) is 0 Å². The second-order valence-electron chi connectivity index (χ2n) is 4.25. The smallest absolute Gasteiger partial charge is 0.380 e. The third-order valence-corrected chi connectivity index (χ3v) is 3.47. The van der Waals surface area contributed by atoms with E-state index in [2.05, 4.69) is 0 Å². The zero-order valence-corrected chi connectivity index (χ0v) is 8.16. The molecule has 1 aliphatic heterocycles. The minimum atomic E-state index is -4.15. The van der Waals surface area contributed by atoms with E-state index in [0.29, 0.717) is 6.42 Å². The van der Waals surface area contributed by atoms with Gasteiger partial charge in [0.2, 0.25) is 0 Å². The van der Waals surface area contributed by atoms with Crippen molar-refractivity contribution in [3.63, 3.8) is 0 Å². The predicted molar refractivity (Wildman–Crippen MR) is 43.4 cm³/mol. The van der Waals surface area contributed by atoms with Gasteiger partial charge >= 0.3 is 6.18 Å². The first-order valence-corrected chi connectivity index (χ1v) is 4.41. The highest BCUT2D eigenvalue weighted by molar-refractivity contribution is 5.00. The Labute approximate surface area is 76.3 Å². The summed E-state index contributed by atoms with van der Waals surface area (Å²) in [5.41, 5.74) is -2.35. The second kappa shape index (κ2) is 2.87. The van der Waals surface area contributed by atoms with Crippen LogP contribution in [0.2, 0.25) is 0 Å². The average molecular weight is 196 g/mol. The van der Waals surface area contributed by atoms with Crippen LogP contribution in [0.25, 0.3) is 0 Å². The van der Waals surface area contributed by atoms with Gasteiger partial charge in [0.15, 0.2) is 0 Å². The molecule has 0 aromatic heterocycles. The quantitative estimate of drug-likeness (QED) is 0.659. The first-order chi connectivity index (χ1) is 5.77. The van der Waals surface area contributed by atoms with Gasteiger partial charge in [0.05, 0.1) is 18.6 Å². The topological polar surface area (TPSA) is 9.23 Å². The lowest BCUT2D eigenvalue weighted by Gasteiger charge is -2.52. The Bertz CT molecular complexity index is 186. The summed E-state index contributed by atoms with van der Waals surface area (Å²) in [7, 11) is 0. The van der Waals surface area contributed by atoms with Gasteiger partial charge in [-0.25, -0.2) is 0 Å². The van der Waals surface area contributed by atoms with Crippen molar-refractivity contribution in [2.24, 2.45) is 10.8 Å². The Hall–Kier alpha value is -0.250. The first-order valence-electron chi connectivity index (χ1n) is 4.41. The molecule has 0 N–H and O–H groups in total. The van der Waals surface area contributed by atoms with Crippen LogP contribution in [0.5, 0.6) is 0 Å². The Morgan fingerprint density at radius 3 is 1.77 bits per heavy atom. The fourth-order valence-corrected chi connectivity index (χ4v) is 1.66. The molecule has 0 saturated carbocycles. The lowest BCUT2D eigenvalue weighted by molar-refractivity contribution is -0.301. The van der Waals surface area contributed by atoms with Crippen LogP contribution < -0.4 is 0 Å². The zero-order chi connectivity index (χ0) is 10.3. The average Bonchev–Trinajstić information content (AvgIpc) is 1.82. The molecule has 1 heterocycles. The Morgan fingerprint density at radius 2 is 1.69 bits per heavy atom. The standard InChI is InChI=1S/C9H15F3O/c1-4-8(5-13-6-8)7(2,3)9(10,11)12/h4-6H2,1-3H3. The lowest BCUT2D eigenvalue weighted by atomic mass is 9.62. The second-order valence-corrected chi connectivity index (χ2v) is 4.25. The van der Waals surface area contributed by atoms with Crippen molar-refractivity contribution in [1.29, 1.82) is 0 Å². The van der Waals surface area contributed by atoms with Crippen molar-refractivity contribution in [3.8, 4) is 0 Å². The highest BCUT2D eigenvalue weighted by Gasteiger charge is 2.62.